The van der Waals surface area contributed by atoms with E-state index in [1.165, 1.54) is 5.56 Å². The molecule has 1 aliphatic carbocycles. The molecule has 4 rings (SSSR count). The van der Waals surface area contributed by atoms with Gasteiger partial charge >= 0.3 is 0 Å². The van der Waals surface area contributed by atoms with E-state index in [-0.39, 0.29) is 17.8 Å². The van der Waals surface area contributed by atoms with Crippen LogP contribution in [0, 0.1) is 5.41 Å². The number of hydrogen-bond donors (Lipinski definition) is 4. The lowest BCUT2D eigenvalue weighted by atomic mass is 9.90. The van der Waals surface area contributed by atoms with E-state index in [4.69, 9.17) is 11.1 Å². The molecule has 2 amide bonds. The minimum absolute atomic E-state index is 0.0497. The molecule has 5 N–H and O–H groups in total. The van der Waals surface area contributed by atoms with Crippen molar-refractivity contribution in [2.75, 3.05) is 5.32 Å². The molecule has 0 aromatic heterocycles. The molecular weight excluding hydrogens is 424 g/mol. The maximum absolute atomic E-state index is 13.4. The normalized spacial score (nSPS) is 13.9. The molecule has 2 atom stereocenters. The number of nitrogens with two attached hydrogens (primary N) is 1. The highest BCUT2D eigenvalue weighted by Gasteiger charge is 2.30. The number of rotatable bonds is 7. The molecule has 0 spiro atoms. The topological polar surface area (TPSA) is 108 Å². The maximum Gasteiger partial charge on any atom is 0.241 e. The number of aryl methyl sites for hydroxylation is 1. The highest BCUT2D eigenvalue weighted by atomic mass is 16.2. The van der Waals surface area contributed by atoms with Crippen molar-refractivity contribution >= 4 is 29.4 Å². The van der Waals surface area contributed by atoms with Crippen LogP contribution in [-0.2, 0) is 16.0 Å². The van der Waals surface area contributed by atoms with E-state index in [0.29, 0.717) is 16.8 Å². The van der Waals surface area contributed by atoms with Crippen LogP contribution in [0.3, 0.4) is 0 Å². The summed E-state index contributed by atoms with van der Waals surface area (Å²) in [6, 6.07) is 21.6. The number of nitrogen functional groups attached to an aromatic ring is 1. The minimum atomic E-state index is -1.02. The molecule has 0 radical (unpaired) electrons. The van der Waals surface area contributed by atoms with Gasteiger partial charge in [-0.05, 0) is 66.3 Å². The summed E-state index contributed by atoms with van der Waals surface area (Å²) in [6.07, 6.45) is 6.26. The molecule has 34 heavy (non-hydrogen) atoms. The molecular formula is C28H28N4O2. The Morgan fingerprint density at radius 3 is 2.38 bits per heavy atom. The van der Waals surface area contributed by atoms with E-state index in [1.54, 1.807) is 36.4 Å². The summed E-state index contributed by atoms with van der Waals surface area (Å²) in [5.41, 5.74) is 10.7. The predicted molar refractivity (Wildman–Crippen MR) is 136 cm³/mol. The number of fused-ring (bicyclic) bond motifs is 1. The Morgan fingerprint density at radius 1 is 0.941 bits per heavy atom. The fraction of sp³-hybridized carbons (Fsp3) is 0.179. The van der Waals surface area contributed by atoms with Crippen molar-refractivity contribution in [3.8, 4) is 0 Å². The summed E-state index contributed by atoms with van der Waals surface area (Å²) >= 11 is 0. The molecule has 0 saturated carbocycles. The maximum atomic E-state index is 13.4. The lowest BCUT2D eigenvalue weighted by Crippen LogP contribution is -2.38. The van der Waals surface area contributed by atoms with Crippen LogP contribution in [0.5, 0.6) is 0 Å². The fourth-order valence-corrected chi connectivity index (χ4v) is 4.26. The van der Waals surface area contributed by atoms with Gasteiger partial charge in [0.15, 0.2) is 0 Å². The van der Waals surface area contributed by atoms with Gasteiger partial charge in [-0.15, -0.1) is 0 Å². The molecule has 6 nitrogen and oxygen atoms in total. The van der Waals surface area contributed by atoms with E-state index in [2.05, 4.69) is 28.9 Å². The highest BCUT2D eigenvalue weighted by Crippen LogP contribution is 2.28. The summed E-state index contributed by atoms with van der Waals surface area (Å²) < 4.78 is 0. The highest BCUT2D eigenvalue weighted by molar-refractivity contribution is 6.11. The number of anilines is 1. The number of carbonyl (C=O) groups is 2. The largest absolute Gasteiger partial charge is 0.384 e. The molecule has 172 valence electrons. The smallest absolute Gasteiger partial charge is 0.241 e. The standard InChI is InChI=1S/C28H28N4O2/c1-18(23-13-7-11-19-8-5-6-12-24(19)23)31-27(33)25(20-9-3-2-4-10-20)28(34)32-22-16-14-21(15-17-22)26(29)30/h2-4,6-7,9-18,25H,5,8H2,1H3,(H3,29,30)(H,31,33)(H,32,34)/t18-,25?/m1/s1. The van der Waals surface area contributed by atoms with Gasteiger partial charge in [0.25, 0.3) is 0 Å². The first-order valence-corrected chi connectivity index (χ1v) is 11.3. The summed E-state index contributed by atoms with van der Waals surface area (Å²) in [4.78, 5) is 26.7. The van der Waals surface area contributed by atoms with Gasteiger partial charge < -0.3 is 16.4 Å². The molecule has 3 aromatic rings. The van der Waals surface area contributed by atoms with Gasteiger partial charge in [0, 0.05) is 11.3 Å². The molecule has 1 unspecified atom stereocenters. The number of amides is 2. The third-order valence-electron chi connectivity index (χ3n) is 6.04. The zero-order valence-corrected chi connectivity index (χ0v) is 19.0. The monoisotopic (exact) mass is 452 g/mol. The Morgan fingerprint density at radius 2 is 1.68 bits per heavy atom. The molecule has 0 heterocycles. The summed E-state index contributed by atoms with van der Waals surface area (Å²) in [6.45, 7) is 1.94. The Kier molecular flexibility index (Phi) is 6.87. The Balaban J connectivity index is 1.56. The third-order valence-corrected chi connectivity index (χ3v) is 6.04. The van der Waals surface area contributed by atoms with Crippen molar-refractivity contribution in [1.82, 2.24) is 5.32 Å². The van der Waals surface area contributed by atoms with Crippen LogP contribution in [0.25, 0.3) is 6.08 Å². The molecule has 6 heteroatoms. The SMILES string of the molecule is C[C@@H](NC(=O)C(C(=O)Nc1ccc(C(=N)N)cc1)c1ccccc1)c1cccc2c1C=CCC2. The molecule has 0 bridgehead atoms. The van der Waals surface area contributed by atoms with Crippen molar-refractivity contribution in [3.05, 3.63) is 107 Å². The van der Waals surface area contributed by atoms with Crippen molar-refractivity contribution in [1.29, 1.82) is 5.41 Å². The fourth-order valence-electron chi connectivity index (χ4n) is 4.26. The quantitative estimate of drug-likeness (QED) is 0.240. The van der Waals surface area contributed by atoms with E-state index in [1.807, 2.05) is 37.3 Å². The zero-order valence-electron chi connectivity index (χ0n) is 19.0. The number of carbonyl (C=O) groups excluding carboxylic acids is 2. The van der Waals surface area contributed by atoms with Crippen molar-refractivity contribution in [2.45, 2.75) is 31.7 Å². The lowest BCUT2D eigenvalue weighted by molar-refractivity contribution is -0.129. The summed E-state index contributed by atoms with van der Waals surface area (Å²) in [5, 5.41) is 13.4. The van der Waals surface area contributed by atoms with Crippen molar-refractivity contribution in [2.24, 2.45) is 5.73 Å². The van der Waals surface area contributed by atoms with E-state index in [9.17, 15) is 9.59 Å². The van der Waals surface area contributed by atoms with Gasteiger partial charge in [-0.2, -0.15) is 0 Å². The molecule has 0 saturated heterocycles. The average molecular weight is 453 g/mol. The zero-order chi connectivity index (χ0) is 24.1. The minimum Gasteiger partial charge on any atom is -0.384 e. The average Bonchev–Trinajstić information content (AvgIpc) is 2.84. The van der Waals surface area contributed by atoms with Gasteiger partial charge in [0.2, 0.25) is 11.8 Å². The number of amidine groups is 1. The van der Waals surface area contributed by atoms with Crippen LogP contribution in [0.4, 0.5) is 5.69 Å². The molecule has 0 fully saturated rings. The molecule has 0 aliphatic heterocycles. The van der Waals surface area contributed by atoms with Gasteiger partial charge in [0.1, 0.15) is 11.8 Å². The first kappa shape index (κ1) is 23.0. The predicted octanol–water partition coefficient (Wildman–Crippen LogP) is 4.53. The number of hydrogen-bond acceptors (Lipinski definition) is 3. The second-order valence-electron chi connectivity index (χ2n) is 8.42. The Bertz CT molecular complexity index is 1230. The van der Waals surface area contributed by atoms with Crippen molar-refractivity contribution < 1.29 is 9.59 Å². The number of nitrogens with one attached hydrogen (secondary N) is 3. The second kappa shape index (κ2) is 10.2. The van der Waals surface area contributed by atoms with Gasteiger partial charge in [-0.25, -0.2) is 0 Å². The molecule has 1 aliphatic rings. The number of benzene rings is 3. The van der Waals surface area contributed by atoms with Crippen LogP contribution in [0.15, 0.2) is 78.9 Å². The Hall–Kier alpha value is -4.19. The van der Waals surface area contributed by atoms with Gasteiger partial charge in [-0.3, -0.25) is 15.0 Å². The first-order valence-electron chi connectivity index (χ1n) is 11.3. The van der Waals surface area contributed by atoms with E-state index < -0.39 is 11.8 Å². The number of allylic oxidation sites excluding steroid dienone is 1. The van der Waals surface area contributed by atoms with E-state index >= 15 is 0 Å². The van der Waals surface area contributed by atoms with Crippen LogP contribution >= 0.6 is 0 Å². The van der Waals surface area contributed by atoms with Crippen LogP contribution < -0.4 is 16.4 Å². The summed E-state index contributed by atoms with van der Waals surface area (Å²) in [5.74, 6) is -1.87. The second-order valence-corrected chi connectivity index (χ2v) is 8.42. The van der Waals surface area contributed by atoms with Gasteiger partial charge in [-0.1, -0.05) is 60.7 Å². The lowest BCUT2D eigenvalue weighted by Gasteiger charge is -2.23. The van der Waals surface area contributed by atoms with Crippen molar-refractivity contribution in [3.63, 3.8) is 0 Å². The molecule has 3 aromatic carbocycles. The summed E-state index contributed by atoms with van der Waals surface area (Å²) in [7, 11) is 0. The van der Waals surface area contributed by atoms with Crippen LogP contribution in [-0.4, -0.2) is 17.6 Å². The third kappa shape index (κ3) is 5.07. The van der Waals surface area contributed by atoms with E-state index in [0.717, 1.165) is 24.0 Å². The van der Waals surface area contributed by atoms with Gasteiger partial charge in [0.05, 0.1) is 6.04 Å². The van der Waals surface area contributed by atoms with Crippen LogP contribution in [0.2, 0.25) is 0 Å². The Labute approximate surface area is 199 Å². The van der Waals surface area contributed by atoms with Crippen LogP contribution in [0.1, 0.15) is 53.1 Å². The first-order chi connectivity index (χ1) is 16.4.